The first kappa shape index (κ1) is 14.5. The van der Waals surface area contributed by atoms with Crippen LogP contribution in [0.1, 0.15) is 25.3 Å². The molecule has 19 heavy (non-hydrogen) atoms. The van der Waals surface area contributed by atoms with E-state index in [0.29, 0.717) is 30.4 Å². The number of aryl methyl sites for hydroxylation is 1. The van der Waals surface area contributed by atoms with Gasteiger partial charge in [-0.25, -0.2) is 8.42 Å². The molecular formula is C14H22N2O2S. The standard InChI is InChI=1S/C14H22N2O2S/c1-2-12-3-5-14(6-4-12)19(17,18)16-9-7-13(11-15)8-10-16/h3-6,13H,2,7-11,15H2,1H3. The van der Waals surface area contributed by atoms with E-state index in [-0.39, 0.29) is 0 Å². The van der Waals surface area contributed by atoms with E-state index in [1.807, 2.05) is 12.1 Å². The largest absolute Gasteiger partial charge is 0.330 e. The number of rotatable bonds is 4. The minimum absolute atomic E-state index is 0.399. The molecule has 4 nitrogen and oxygen atoms in total. The molecule has 1 saturated heterocycles. The maximum absolute atomic E-state index is 12.5. The number of nitrogens with zero attached hydrogens (tertiary/aromatic N) is 1. The predicted octanol–water partition coefficient (Wildman–Crippen LogP) is 1.61. The summed E-state index contributed by atoms with van der Waals surface area (Å²) < 4.78 is 26.5. The van der Waals surface area contributed by atoms with Crippen LogP contribution in [-0.4, -0.2) is 32.4 Å². The van der Waals surface area contributed by atoms with Crippen molar-refractivity contribution in [3.8, 4) is 0 Å². The molecule has 0 radical (unpaired) electrons. The van der Waals surface area contributed by atoms with Gasteiger partial charge in [0.1, 0.15) is 0 Å². The van der Waals surface area contributed by atoms with Crippen molar-refractivity contribution in [2.75, 3.05) is 19.6 Å². The van der Waals surface area contributed by atoms with E-state index in [1.54, 1.807) is 16.4 Å². The van der Waals surface area contributed by atoms with Crippen LogP contribution >= 0.6 is 0 Å². The van der Waals surface area contributed by atoms with Gasteiger partial charge in [-0.05, 0) is 49.4 Å². The molecule has 0 aromatic heterocycles. The normalized spacial score (nSPS) is 18.6. The maximum atomic E-state index is 12.5. The second-order valence-corrected chi connectivity index (χ2v) is 7.02. The van der Waals surface area contributed by atoms with Gasteiger partial charge in [-0.1, -0.05) is 19.1 Å². The Morgan fingerprint density at radius 1 is 1.21 bits per heavy atom. The predicted molar refractivity (Wildman–Crippen MR) is 76.4 cm³/mol. The Bertz CT molecular complexity index is 503. The van der Waals surface area contributed by atoms with Gasteiger partial charge in [-0.3, -0.25) is 0 Å². The fourth-order valence-electron chi connectivity index (χ4n) is 2.43. The van der Waals surface area contributed by atoms with Crippen molar-refractivity contribution >= 4 is 10.0 Å². The lowest BCUT2D eigenvalue weighted by Gasteiger charge is -2.30. The second-order valence-electron chi connectivity index (χ2n) is 5.08. The average Bonchev–Trinajstić information content (AvgIpc) is 2.47. The van der Waals surface area contributed by atoms with E-state index >= 15 is 0 Å². The van der Waals surface area contributed by atoms with Crippen molar-refractivity contribution in [2.24, 2.45) is 11.7 Å². The molecule has 1 fully saturated rings. The smallest absolute Gasteiger partial charge is 0.243 e. The van der Waals surface area contributed by atoms with Crippen molar-refractivity contribution in [1.29, 1.82) is 0 Å². The first-order valence-corrected chi connectivity index (χ1v) is 8.31. The summed E-state index contributed by atoms with van der Waals surface area (Å²) in [6.45, 7) is 3.87. The summed E-state index contributed by atoms with van der Waals surface area (Å²) >= 11 is 0. The van der Waals surface area contributed by atoms with Gasteiger partial charge in [0.05, 0.1) is 4.90 Å². The second kappa shape index (κ2) is 6.03. The molecule has 2 N–H and O–H groups in total. The lowest BCUT2D eigenvalue weighted by atomic mass is 9.99. The summed E-state index contributed by atoms with van der Waals surface area (Å²) in [5, 5.41) is 0. The Morgan fingerprint density at radius 2 is 1.79 bits per heavy atom. The fraction of sp³-hybridized carbons (Fsp3) is 0.571. The first-order chi connectivity index (χ1) is 9.07. The highest BCUT2D eigenvalue weighted by atomic mass is 32.2. The van der Waals surface area contributed by atoms with Crippen LogP contribution in [0.15, 0.2) is 29.2 Å². The summed E-state index contributed by atoms with van der Waals surface area (Å²) in [5.41, 5.74) is 6.79. The molecule has 1 aromatic rings. The van der Waals surface area contributed by atoms with Crippen LogP contribution in [0.4, 0.5) is 0 Å². The molecule has 0 aliphatic carbocycles. The maximum Gasteiger partial charge on any atom is 0.243 e. The molecule has 0 bridgehead atoms. The molecule has 5 heteroatoms. The SMILES string of the molecule is CCc1ccc(S(=O)(=O)N2CCC(CN)CC2)cc1. The minimum Gasteiger partial charge on any atom is -0.330 e. The van der Waals surface area contributed by atoms with E-state index in [9.17, 15) is 8.42 Å². The Balaban J connectivity index is 2.13. The van der Waals surface area contributed by atoms with Crippen LogP contribution in [0.3, 0.4) is 0 Å². The summed E-state index contributed by atoms with van der Waals surface area (Å²) in [4.78, 5) is 0.399. The summed E-state index contributed by atoms with van der Waals surface area (Å²) in [6, 6.07) is 7.20. The van der Waals surface area contributed by atoms with E-state index in [0.717, 1.165) is 24.8 Å². The first-order valence-electron chi connectivity index (χ1n) is 6.87. The van der Waals surface area contributed by atoms with E-state index in [1.165, 1.54) is 0 Å². The summed E-state index contributed by atoms with van der Waals surface area (Å²) in [6.07, 6.45) is 2.65. The average molecular weight is 282 g/mol. The van der Waals surface area contributed by atoms with Crippen molar-refractivity contribution in [3.05, 3.63) is 29.8 Å². The van der Waals surface area contributed by atoms with E-state index < -0.39 is 10.0 Å². The Hall–Kier alpha value is -0.910. The zero-order chi connectivity index (χ0) is 13.9. The van der Waals surface area contributed by atoms with Gasteiger partial charge >= 0.3 is 0 Å². The van der Waals surface area contributed by atoms with Gasteiger partial charge in [0.2, 0.25) is 10.0 Å². The number of nitrogens with two attached hydrogens (primary N) is 1. The van der Waals surface area contributed by atoms with Crippen LogP contribution in [-0.2, 0) is 16.4 Å². The summed E-state index contributed by atoms with van der Waals surface area (Å²) in [5.74, 6) is 0.467. The quantitative estimate of drug-likeness (QED) is 0.912. The molecule has 1 aliphatic rings. The van der Waals surface area contributed by atoms with Crippen LogP contribution in [0.5, 0.6) is 0 Å². The molecule has 1 aliphatic heterocycles. The van der Waals surface area contributed by atoms with E-state index in [2.05, 4.69) is 6.92 Å². The van der Waals surface area contributed by atoms with Crippen LogP contribution in [0.2, 0.25) is 0 Å². The minimum atomic E-state index is -3.33. The number of sulfonamides is 1. The van der Waals surface area contributed by atoms with Crippen LogP contribution in [0.25, 0.3) is 0 Å². The fourth-order valence-corrected chi connectivity index (χ4v) is 3.90. The lowest BCUT2D eigenvalue weighted by Crippen LogP contribution is -2.39. The summed E-state index contributed by atoms with van der Waals surface area (Å²) in [7, 11) is -3.33. The number of hydrogen-bond acceptors (Lipinski definition) is 3. The lowest BCUT2D eigenvalue weighted by molar-refractivity contribution is 0.278. The molecule has 0 unspecified atom stereocenters. The molecule has 0 saturated carbocycles. The topological polar surface area (TPSA) is 63.4 Å². The van der Waals surface area contributed by atoms with Crippen LogP contribution < -0.4 is 5.73 Å². The van der Waals surface area contributed by atoms with Crippen molar-refractivity contribution in [1.82, 2.24) is 4.31 Å². The van der Waals surface area contributed by atoms with Gasteiger partial charge in [-0.15, -0.1) is 0 Å². The highest BCUT2D eigenvalue weighted by molar-refractivity contribution is 7.89. The zero-order valence-corrected chi connectivity index (χ0v) is 12.2. The Labute approximate surface area is 115 Å². The molecule has 0 spiro atoms. The number of piperidine rings is 1. The third-order valence-corrected chi connectivity index (χ3v) is 5.79. The number of benzene rings is 1. The van der Waals surface area contributed by atoms with Gasteiger partial charge < -0.3 is 5.73 Å². The third-order valence-electron chi connectivity index (χ3n) is 3.88. The van der Waals surface area contributed by atoms with Crippen molar-refractivity contribution in [2.45, 2.75) is 31.1 Å². The Kier molecular flexibility index (Phi) is 4.60. The molecule has 2 rings (SSSR count). The zero-order valence-electron chi connectivity index (χ0n) is 11.4. The molecule has 1 heterocycles. The third kappa shape index (κ3) is 3.16. The number of hydrogen-bond donors (Lipinski definition) is 1. The Morgan fingerprint density at radius 3 is 2.26 bits per heavy atom. The highest BCUT2D eigenvalue weighted by Crippen LogP contribution is 2.23. The van der Waals surface area contributed by atoms with Gasteiger partial charge in [-0.2, -0.15) is 4.31 Å². The van der Waals surface area contributed by atoms with E-state index in [4.69, 9.17) is 5.73 Å². The highest BCUT2D eigenvalue weighted by Gasteiger charge is 2.28. The van der Waals surface area contributed by atoms with Crippen molar-refractivity contribution in [3.63, 3.8) is 0 Å². The molecular weight excluding hydrogens is 260 g/mol. The van der Waals surface area contributed by atoms with Gasteiger partial charge in [0.25, 0.3) is 0 Å². The van der Waals surface area contributed by atoms with Gasteiger partial charge in [0, 0.05) is 13.1 Å². The molecule has 0 atom stereocenters. The van der Waals surface area contributed by atoms with Crippen molar-refractivity contribution < 1.29 is 8.42 Å². The molecule has 0 amide bonds. The van der Waals surface area contributed by atoms with Gasteiger partial charge in [0.15, 0.2) is 0 Å². The molecule has 1 aromatic carbocycles. The van der Waals surface area contributed by atoms with Crippen LogP contribution in [0, 0.1) is 5.92 Å². The monoisotopic (exact) mass is 282 g/mol. The molecule has 106 valence electrons.